The van der Waals surface area contributed by atoms with E-state index in [9.17, 15) is 0 Å². The topological polar surface area (TPSA) is 29.5 Å². The van der Waals surface area contributed by atoms with Gasteiger partial charge in [-0.2, -0.15) is 0 Å². The molecule has 0 saturated carbocycles. The summed E-state index contributed by atoms with van der Waals surface area (Å²) in [6.07, 6.45) is 3.23. The van der Waals surface area contributed by atoms with Gasteiger partial charge in [0.25, 0.3) is 0 Å². The van der Waals surface area contributed by atoms with Crippen LogP contribution in [0, 0.1) is 0 Å². The van der Waals surface area contributed by atoms with Crippen molar-refractivity contribution in [3.05, 3.63) is 0 Å². The molecule has 0 amide bonds. The Morgan fingerprint density at radius 2 is 2.33 bits per heavy atom. The Morgan fingerprint density at radius 1 is 1.56 bits per heavy atom. The van der Waals surface area contributed by atoms with Crippen LogP contribution in [0.15, 0.2) is 0 Å². The molecule has 1 heterocycles. The molecule has 1 saturated heterocycles. The lowest BCUT2D eigenvalue weighted by Crippen LogP contribution is -2.28. The van der Waals surface area contributed by atoms with Crippen molar-refractivity contribution in [1.29, 1.82) is 0 Å². The summed E-state index contributed by atoms with van der Waals surface area (Å²) in [5, 5.41) is 9.00. The number of hydrogen-bond acceptors (Lipinski definition) is 2. The Kier molecular flexibility index (Phi) is 2.49. The molecule has 2 nitrogen and oxygen atoms in total. The predicted molar refractivity (Wildman–Crippen MR) is 35.3 cm³/mol. The van der Waals surface area contributed by atoms with Crippen LogP contribution in [0.3, 0.4) is 0 Å². The highest BCUT2D eigenvalue weighted by atomic mass is 16.5. The van der Waals surface area contributed by atoms with Crippen molar-refractivity contribution in [3.63, 3.8) is 0 Å². The van der Waals surface area contributed by atoms with Crippen LogP contribution < -0.4 is 0 Å². The fourth-order valence-corrected chi connectivity index (χ4v) is 1.11. The molecule has 1 N–H and O–H groups in total. The van der Waals surface area contributed by atoms with E-state index in [2.05, 4.69) is 6.92 Å². The Labute approximate surface area is 55.8 Å². The van der Waals surface area contributed by atoms with Crippen molar-refractivity contribution in [2.45, 2.75) is 38.4 Å². The van der Waals surface area contributed by atoms with Crippen LogP contribution in [0.2, 0.25) is 0 Å². The summed E-state index contributed by atoms with van der Waals surface area (Å²) in [6.45, 7) is 2.65. The SMILES string of the molecule is CCC1CCC(O)CO1. The highest BCUT2D eigenvalue weighted by molar-refractivity contribution is 4.67. The molecule has 0 aliphatic carbocycles. The van der Waals surface area contributed by atoms with Crippen molar-refractivity contribution in [3.8, 4) is 0 Å². The molecule has 2 unspecified atom stereocenters. The lowest BCUT2D eigenvalue weighted by atomic mass is 10.1. The third-order valence-electron chi connectivity index (χ3n) is 1.80. The first-order valence-corrected chi connectivity index (χ1v) is 3.62. The van der Waals surface area contributed by atoms with Crippen LogP contribution in [0.1, 0.15) is 26.2 Å². The maximum absolute atomic E-state index is 9.00. The number of aliphatic hydroxyl groups excluding tert-OH is 1. The Hall–Kier alpha value is -0.0800. The van der Waals surface area contributed by atoms with Gasteiger partial charge in [0, 0.05) is 0 Å². The normalized spacial score (nSPS) is 36.7. The van der Waals surface area contributed by atoms with Crippen molar-refractivity contribution < 1.29 is 9.84 Å². The zero-order valence-corrected chi connectivity index (χ0v) is 5.84. The van der Waals surface area contributed by atoms with Crippen LogP contribution in [0.4, 0.5) is 0 Å². The third-order valence-corrected chi connectivity index (χ3v) is 1.80. The van der Waals surface area contributed by atoms with Crippen LogP contribution in [0.5, 0.6) is 0 Å². The number of rotatable bonds is 1. The van der Waals surface area contributed by atoms with Crippen LogP contribution in [-0.2, 0) is 4.74 Å². The molecule has 0 bridgehead atoms. The molecule has 1 aliphatic rings. The van der Waals surface area contributed by atoms with E-state index in [0.29, 0.717) is 12.7 Å². The molecular weight excluding hydrogens is 116 g/mol. The minimum absolute atomic E-state index is 0.201. The van der Waals surface area contributed by atoms with Crippen molar-refractivity contribution in [1.82, 2.24) is 0 Å². The van der Waals surface area contributed by atoms with Gasteiger partial charge in [0.15, 0.2) is 0 Å². The highest BCUT2D eigenvalue weighted by Gasteiger charge is 2.17. The van der Waals surface area contributed by atoms with Crippen molar-refractivity contribution >= 4 is 0 Å². The highest BCUT2D eigenvalue weighted by Crippen LogP contribution is 2.15. The van der Waals surface area contributed by atoms with E-state index in [4.69, 9.17) is 9.84 Å². The van der Waals surface area contributed by atoms with Gasteiger partial charge >= 0.3 is 0 Å². The second kappa shape index (κ2) is 3.18. The Morgan fingerprint density at radius 3 is 2.78 bits per heavy atom. The van der Waals surface area contributed by atoms with Crippen LogP contribution >= 0.6 is 0 Å². The standard InChI is InChI=1S/C7H14O2/c1-2-7-4-3-6(8)5-9-7/h6-8H,2-5H2,1H3. The summed E-state index contributed by atoms with van der Waals surface area (Å²) < 4.78 is 5.29. The zero-order valence-electron chi connectivity index (χ0n) is 5.84. The van der Waals surface area contributed by atoms with Gasteiger partial charge in [-0.25, -0.2) is 0 Å². The fraction of sp³-hybridized carbons (Fsp3) is 1.00. The van der Waals surface area contributed by atoms with Gasteiger partial charge in [-0.3, -0.25) is 0 Å². The summed E-state index contributed by atoms with van der Waals surface area (Å²) in [5.41, 5.74) is 0. The Bertz CT molecular complexity index is 75.0. The molecule has 54 valence electrons. The minimum Gasteiger partial charge on any atom is -0.391 e. The molecular formula is C7H14O2. The second-order valence-electron chi connectivity index (χ2n) is 2.59. The van der Waals surface area contributed by atoms with Crippen molar-refractivity contribution in [2.24, 2.45) is 0 Å². The molecule has 1 aliphatic heterocycles. The average Bonchev–Trinajstić information content (AvgIpc) is 1.90. The van der Waals surface area contributed by atoms with Gasteiger partial charge < -0.3 is 9.84 Å². The zero-order chi connectivity index (χ0) is 6.69. The van der Waals surface area contributed by atoms with E-state index in [1.807, 2.05) is 0 Å². The third kappa shape index (κ3) is 1.95. The largest absolute Gasteiger partial charge is 0.391 e. The number of hydrogen-bond donors (Lipinski definition) is 1. The van der Waals surface area contributed by atoms with Gasteiger partial charge in [0.05, 0.1) is 18.8 Å². The molecule has 0 aromatic heterocycles. The molecule has 1 rings (SSSR count). The molecule has 2 atom stereocenters. The first-order chi connectivity index (χ1) is 4.33. The number of ether oxygens (including phenoxy) is 1. The van der Waals surface area contributed by atoms with E-state index in [-0.39, 0.29) is 6.10 Å². The van der Waals surface area contributed by atoms with E-state index in [1.54, 1.807) is 0 Å². The molecule has 0 radical (unpaired) electrons. The van der Waals surface area contributed by atoms with Gasteiger partial charge in [-0.05, 0) is 19.3 Å². The number of aliphatic hydroxyl groups is 1. The smallest absolute Gasteiger partial charge is 0.0774 e. The molecule has 1 fully saturated rings. The molecule has 0 aromatic rings. The maximum atomic E-state index is 9.00. The van der Waals surface area contributed by atoms with Gasteiger partial charge in [0.1, 0.15) is 0 Å². The second-order valence-corrected chi connectivity index (χ2v) is 2.59. The molecule has 2 heteroatoms. The summed E-state index contributed by atoms with van der Waals surface area (Å²) in [6, 6.07) is 0. The Balaban J connectivity index is 2.18. The molecule has 0 spiro atoms. The van der Waals surface area contributed by atoms with E-state index < -0.39 is 0 Å². The van der Waals surface area contributed by atoms with Gasteiger partial charge in [-0.15, -0.1) is 0 Å². The van der Waals surface area contributed by atoms with Gasteiger partial charge in [-0.1, -0.05) is 6.92 Å². The summed E-state index contributed by atoms with van der Waals surface area (Å²) in [5.74, 6) is 0. The van der Waals surface area contributed by atoms with E-state index >= 15 is 0 Å². The fourth-order valence-electron chi connectivity index (χ4n) is 1.11. The van der Waals surface area contributed by atoms with Crippen molar-refractivity contribution in [2.75, 3.05) is 6.61 Å². The van der Waals surface area contributed by atoms with Crippen LogP contribution in [0.25, 0.3) is 0 Å². The molecule has 0 aromatic carbocycles. The predicted octanol–water partition coefficient (Wildman–Crippen LogP) is 0.936. The summed E-state index contributed by atoms with van der Waals surface area (Å²) in [7, 11) is 0. The maximum Gasteiger partial charge on any atom is 0.0774 e. The lowest BCUT2D eigenvalue weighted by molar-refractivity contribution is -0.0560. The minimum atomic E-state index is -0.201. The quantitative estimate of drug-likeness (QED) is 0.572. The van der Waals surface area contributed by atoms with Gasteiger partial charge in [0.2, 0.25) is 0 Å². The monoisotopic (exact) mass is 130 g/mol. The first kappa shape index (κ1) is 7.03. The lowest BCUT2D eigenvalue weighted by Gasteiger charge is -2.24. The molecule has 9 heavy (non-hydrogen) atoms. The van der Waals surface area contributed by atoms with E-state index in [1.165, 1.54) is 0 Å². The summed E-state index contributed by atoms with van der Waals surface area (Å²) >= 11 is 0. The first-order valence-electron chi connectivity index (χ1n) is 3.62. The summed E-state index contributed by atoms with van der Waals surface area (Å²) in [4.78, 5) is 0. The average molecular weight is 130 g/mol. The van der Waals surface area contributed by atoms with Crippen LogP contribution in [-0.4, -0.2) is 23.9 Å². The van der Waals surface area contributed by atoms with E-state index in [0.717, 1.165) is 19.3 Å².